The molecule has 0 atom stereocenters. The van der Waals surface area contributed by atoms with E-state index in [-0.39, 0.29) is 5.70 Å². The second-order valence-electron chi connectivity index (χ2n) is 3.07. The van der Waals surface area contributed by atoms with Crippen molar-refractivity contribution < 1.29 is 14.3 Å². The average Bonchev–Trinajstić information content (AvgIpc) is 2.37. The van der Waals surface area contributed by atoms with Gasteiger partial charge in [0.15, 0.2) is 0 Å². The van der Waals surface area contributed by atoms with E-state index in [1.807, 2.05) is 0 Å². The number of hydrogen-bond donors (Lipinski definition) is 0. The van der Waals surface area contributed by atoms with Crippen molar-refractivity contribution in [3.05, 3.63) is 44.4 Å². The molecule has 0 amide bonds. The summed E-state index contributed by atoms with van der Waals surface area (Å²) in [5.41, 5.74) is 8.86. The summed E-state index contributed by atoms with van der Waals surface area (Å²) in [5, 5.41) is 3.29. The fraction of sp³-hybridized carbons (Fsp3) is 0.182. The Balaban J connectivity index is 3.32. The van der Waals surface area contributed by atoms with Crippen LogP contribution in [0.3, 0.4) is 0 Å². The maximum atomic E-state index is 11.4. The van der Waals surface area contributed by atoms with Gasteiger partial charge in [-0.05, 0) is 33.6 Å². The summed E-state index contributed by atoms with van der Waals surface area (Å²) in [7, 11) is 2.71. The van der Waals surface area contributed by atoms with Crippen LogP contribution in [0.1, 0.15) is 5.56 Å². The normalized spacial score (nSPS) is 10.5. The van der Waals surface area contributed by atoms with E-state index in [0.717, 1.165) is 4.47 Å². The Kier molecular flexibility index (Phi) is 5.23. The molecule has 0 aliphatic heterocycles. The van der Waals surface area contributed by atoms with Gasteiger partial charge in [-0.3, -0.25) is 0 Å². The third-order valence-corrected chi connectivity index (χ3v) is 2.67. The highest BCUT2D eigenvalue weighted by atomic mass is 79.9. The van der Waals surface area contributed by atoms with Crippen molar-refractivity contribution in [3.8, 4) is 5.75 Å². The first-order valence-corrected chi connectivity index (χ1v) is 5.61. The number of ether oxygens (including phenoxy) is 2. The highest BCUT2D eigenvalue weighted by Crippen LogP contribution is 2.30. The Labute approximate surface area is 112 Å². The summed E-state index contributed by atoms with van der Waals surface area (Å²) < 4.78 is 10.4. The number of rotatable bonds is 4. The van der Waals surface area contributed by atoms with Gasteiger partial charge in [-0.15, -0.1) is 0 Å². The van der Waals surface area contributed by atoms with Gasteiger partial charge in [-0.25, -0.2) is 4.79 Å². The van der Waals surface area contributed by atoms with Crippen molar-refractivity contribution in [2.24, 2.45) is 5.11 Å². The van der Waals surface area contributed by atoms with E-state index >= 15 is 0 Å². The number of esters is 1. The van der Waals surface area contributed by atoms with Gasteiger partial charge in [-0.1, -0.05) is 17.2 Å². The van der Waals surface area contributed by atoms with Gasteiger partial charge in [0.2, 0.25) is 0 Å². The minimum Gasteiger partial charge on any atom is -0.495 e. The monoisotopic (exact) mass is 311 g/mol. The van der Waals surface area contributed by atoms with Crippen LogP contribution in [0.25, 0.3) is 16.5 Å². The van der Waals surface area contributed by atoms with E-state index in [0.29, 0.717) is 11.3 Å². The zero-order valence-corrected chi connectivity index (χ0v) is 11.3. The number of hydrogen-bond acceptors (Lipinski definition) is 4. The lowest BCUT2D eigenvalue weighted by atomic mass is 10.1. The number of halogens is 1. The van der Waals surface area contributed by atoms with Gasteiger partial charge in [0, 0.05) is 10.5 Å². The van der Waals surface area contributed by atoms with Crippen LogP contribution in [0.15, 0.2) is 33.5 Å². The summed E-state index contributed by atoms with van der Waals surface area (Å²) in [6, 6.07) is 5.28. The highest BCUT2D eigenvalue weighted by Gasteiger charge is 2.11. The second-order valence-corrected chi connectivity index (χ2v) is 3.93. The SMILES string of the molecule is COC(=O)/C(=C/c1cccc(Br)c1OC)N=[N+]=[N-]. The molecule has 1 aromatic rings. The van der Waals surface area contributed by atoms with Gasteiger partial charge in [0.25, 0.3) is 0 Å². The van der Waals surface area contributed by atoms with E-state index in [1.54, 1.807) is 18.2 Å². The Morgan fingerprint density at radius 3 is 2.78 bits per heavy atom. The molecule has 0 N–H and O–H groups in total. The minimum atomic E-state index is -0.713. The number of nitrogens with zero attached hydrogens (tertiary/aromatic N) is 3. The topological polar surface area (TPSA) is 84.3 Å². The first-order valence-electron chi connectivity index (χ1n) is 4.81. The van der Waals surface area contributed by atoms with Gasteiger partial charge in [0.05, 0.1) is 18.7 Å². The molecule has 6 nitrogen and oxygen atoms in total. The number of azide groups is 1. The smallest absolute Gasteiger partial charge is 0.340 e. The predicted octanol–water partition coefficient (Wildman–Crippen LogP) is 3.28. The van der Waals surface area contributed by atoms with Gasteiger partial charge >= 0.3 is 5.97 Å². The second kappa shape index (κ2) is 6.68. The van der Waals surface area contributed by atoms with Crippen LogP contribution in [0, 0.1) is 0 Å². The van der Waals surface area contributed by atoms with Crippen LogP contribution >= 0.6 is 15.9 Å². The maximum absolute atomic E-state index is 11.4. The molecule has 0 radical (unpaired) electrons. The Morgan fingerprint density at radius 1 is 1.50 bits per heavy atom. The molecule has 94 valence electrons. The molecule has 0 aliphatic rings. The molecule has 0 heterocycles. The lowest BCUT2D eigenvalue weighted by Crippen LogP contribution is -2.02. The van der Waals surface area contributed by atoms with Crippen molar-refractivity contribution in [2.75, 3.05) is 14.2 Å². The number of carbonyl (C=O) groups excluding carboxylic acids is 1. The summed E-state index contributed by atoms with van der Waals surface area (Å²) >= 11 is 3.32. The summed E-state index contributed by atoms with van der Waals surface area (Å²) in [5.74, 6) is -0.179. The number of methoxy groups -OCH3 is 2. The molecule has 7 heteroatoms. The van der Waals surface area contributed by atoms with Crippen LogP contribution in [-0.2, 0) is 9.53 Å². The molecule has 0 saturated carbocycles. The Morgan fingerprint density at radius 2 is 2.22 bits per heavy atom. The molecule has 1 aromatic carbocycles. The molecule has 0 aliphatic carbocycles. The van der Waals surface area contributed by atoms with E-state index in [2.05, 4.69) is 30.7 Å². The van der Waals surface area contributed by atoms with E-state index < -0.39 is 5.97 Å². The van der Waals surface area contributed by atoms with Crippen molar-refractivity contribution in [1.29, 1.82) is 0 Å². The zero-order chi connectivity index (χ0) is 13.5. The van der Waals surface area contributed by atoms with Crippen LogP contribution in [0.5, 0.6) is 5.75 Å². The first-order chi connectivity index (χ1) is 8.63. The third-order valence-electron chi connectivity index (χ3n) is 2.04. The average molecular weight is 312 g/mol. The quantitative estimate of drug-likeness (QED) is 0.281. The molecule has 0 bridgehead atoms. The molecule has 0 unspecified atom stereocenters. The van der Waals surface area contributed by atoms with Crippen molar-refractivity contribution in [1.82, 2.24) is 0 Å². The molecular formula is C11H10BrN3O3. The molecule has 0 spiro atoms. The summed E-state index contributed by atoms with van der Waals surface area (Å²) in [4.78, 5) is 14.0. The van der Waals surface area contributed by atoms with Crippen molar-refractivity contribution in [3.63, 3.8) is 0 Å². The third kappa shape index (κ3) is 3.26. The Bertz CT molecular complexity index is 536. The molecular weight excluding hydrogens is 302 g/mol. The largest absolute Gasteiger partial charge is 0.495 e. The van der Waals surface area contributed by atoms with E-state index in [1.165, 1.54) is 20.3 Å². The fourth-order valence-electron chi connectivity index (χ4n) is 1.28. The molecule has 1 rings (SSSR count). The van der Waals surface area contributed by atoms with Crippen molar-refractivity contribution in [2.45, 2.75) is 0 Å². The number of benzene rings is 1. The summed E-state index contributed by atoms with van der Waals surface area (Å²) in [6.45, 7) is 0. The molecule has 0 saturated heterocycles. The van der Waals surface area contributed by atoms with Crippen LogP contribution in [0.2, 0.25) is 0 Å². The van der Waals surface area contributed by atoms with Gasteiger partial charge in [0.1, 0.15) is 11.4 Å². The highest BCUT2D eigenvalue weighted by molar-refractivity contribution is 9.10. The standard InChI is InChI=1S/C11H10BrN3O3/c1-17-10-7(4-3-5-8(10)12)6-9(14-15-13)11(16)18-2/h3-6H,1-2H3/b9-6-. The Hall–Kier alpha value is -1.98. The van der Waals surface area contributed by atoms with Gasteiger partial charge < -0.3 is 9.47 Å². The predicted molar refractivity (Wildman–Crippen MR) is 69.8 cm³/mol. The van der Waals surface area contributed by atoms with Gasteiger partial charge in [-0.2, -0.15) is 0 Å². The van der Waals surface area contributed by atoms with Crippen LogP contribution in [0.4, 0.5) is 0 Å². The van der Waals surface area contributed by atoms with Crippen molar-refractivity contribution >= 4 is 28.0 Å². The fourth-order valence-corrected chi connectivity index (χ4v) is 1.83. The number of para-hydroxylation sites is 1. The zero-order valence-electron chi connectivity index (χ0n) is 9.75. The number of carbonyl (C=O) groups is 1. The molecule has 0 fully saturated rings. The van der Waals surface area contributed by atoms with E-state index in [4.69, 9.17) is 10.3 Å². The first kappa shape index (κ1) is 14.1. The van der Waals surface area contributed by atoms with E-state index in [9.17, 15) is 4.79 Å². The van der Waals surface area contributed by atoms with Crippen LogP contribution in [-0.4, -0.2) is 20.2 Å². The lowest BCUT2D eigenvalue weighted by molar-refractivity contribution is -0.136. The van der Waals surface area contributed by atoms with Crippen LogP contribution < -0.4 is 4.74 Å². The maximum Gasteiger partial charge on any atom is 0.340 e. The minimum absolute atomic E-state index is 0.142. The molecule has 18 heavy (non-hydrogen) atoms. The summed E-state index contributed by atoms with van der Waals surface area (Å²) in [6.07, 6.45) is 1.40. The lowest BCUT2D eigenvalue weighted by Gasteiger charge is -2.07. The molecule has 0 aromatic heterocycles.